The van der Waals surface area contributed by atoms with Gasteiger partial charge in [-0.3, -0.25) is 4.79 Å². The number of carbonyl (C=O) groups excluding carboxylic acids is 1. The van der Waals surface area contributed by atoms with E-state index in [4.69, 9.17) is 0 Å². The molecule has 0 radical (unpaired) electrons. The maximum atomic E-state index is 12.1. The summed E-state index contributed by atoms with van der Waals surface area (Å²) in [5.41, 5.74) is 3.71. The van der Waals surface area contributed by atoms with Crippen LogP contribution in [0.1, 0.15) is 34.5 Å². The lowest BCUT2D eigenvalue weighted by atomic mass is 10.2. The summed E-state index contributed by atoms with van der Waals surface area (Å²) in [6.45, 7) is 4.76. The average Bonchev–Trinajstić information content (AvgIpc) is 3.18. The third-order valence-electron chi connectivity index (χ3n) is 3.75. The average molecular weight is 269 g/mol. The first-order chi connectivity index (χ1) is 9.65. The van der Waals surface area contributed by atoms with Gasteiger partial charge in [0.15, 0.2) is 0 Å². The summed E-state index contributed by atoms with van der Waals surface area (Å²) < 4.78 is 1.82. The molecule has 0 aliphatic heterocycles. The van der Waals surface area contributed by atoms with E-state index >= 15 is 0 Å². The minimum atomic E-state index is -0.0201. The summed E-state index contributed by atoms with van der Waals surface area (Å²) in [6, 6.07) is 8.11. The molecule has 0 spiro atoms. The zero-order valence-electron chi connectivity index (χ0n) is 11.9. The number of carbonyl (C=O) groups is 1. The van der Waals surface area contributed by atoms with Gasteiger partial charge in [0.05, 0.1) is 23.1 Å². The molecule has 4 heteroatoms. The zero-order valence-corrected chi connectivity index (χ0v) is 11.9. The quantitative estimate of drug-likeness (QED) is 0.927. The van der Waals surface area contributed by atoms with Crippen molar-refractivity contribution in [1.29, 1.82) is 0 Å². The van der Waals surface area contributed by atoms with Crippen molar-refractivity contribution in [2.45, 2.75) is 26.7 Å². The van der Waals surface area contributed by atoms with Crippen molar-refractivity contribution in [3.05, 3.63) is 47.3 Å². The Morgan fingerprint density at radius 1 is 1.40 bits per heavy atom. The van der Waals surface area contributed by atoms with Crippen molar-refractivity contribution >= 4 is 5.91 Å². The number of aryl methyl sites for hydroxylation is 1. The van der Waals surface area contributed by atoms with Gasteiger partial charge >= 0.3 is 0 Å². The fourth-order valence-electron chi connectivity index (χ4n) is 2.31. The largest absolute Gasteiger partial charge is 0.352 e. The molecule has 1 aliphatic rings. The monoisotopic (exact) mass is 269 g/mol. The fourth-order valence-corrected chi connectivity index (χ4v) is 2.31. The highest BCUT2D eigenvalue weighted by Crippen LogP contribution is 2.27. The van der Waals surface area contributed by atoms with Crippen LogP contribution in [0.15, 0.2) is 30.5 Å². The van der Waals surface area contributed by atoms with E-state index in [0.29, 0.717) is 11.5 Å². The molecule has 1 N–H and O–H groups in total. The minimum Gasteiger partial charge on any atom is -0.352 e. The normalized spacial score (nSPS) is 14.3. The lowest BCUT2D eigenvalue weighted by Crippen LogP contribution is -2.25. The zero-order chi connectivity index (χ0) is 14.1. The predicted molar refractivity (Wildman–Crippen MR) is 78.1 cm³/mol. The second kappa shape index (κ2) is 5.12. The Morgan fingerprint density at radius 2 is 2.20 bits per heavy atom. The van der Waals surface area contributed by atoms with E-state index in [1.54, 1.807) is 6.20 Å². The van der Waals surface area contributed by atoms with Gasteiger partial charge in [-0.2, -0.15) is 5.10 Å². The van der Waals surface area contributed by atoms with Crippen LogP contribution in [0, 0.1) is 19.8 Å². The van der Waals surface area contributed by atoms with Crippen molar-refractivity contribution in [2.24, 2.45) is 5.92 Å². The van der Waals surface area contributed by atoms with E-state index < -0.39 is 0 Å². The first kappa shape index (κ1) is 12.9. The number of nitrogens with zero attached hydrogens (tertiary/aromatic N) is 2. The molecule has 0 bridgehead atoms. The van der Waals surface area contributed by atoms with Crippen LogP contribution < -0.4 is 5.32 Å². The van der Waals surface area contributed by atoms with Crippen molar-refractivity contribution < 1.29 is 4.79 Å². The highest BCUT2D eigenvalue weighted by atomic mass is 16.1. The lowest BCUT2D eigenvalue weighted by Gasteiger charge is -2.07. The standard InChI is InChI=1S/C16H19N3O/c1-11-4-3-5-14(8-11)19-12(2)15(10-18-19)16(20)17-9-13-6-7-13/h3-5,8,10,13H,6-7,9H2,1-2H3,(H,17,20). The number of nitrogens with one attached hydrogen (secondary N) is 1. The van der Waals surface area contributed by atoms with Crippen molar-refractivity contribution in [2.75, 3.05) is 6.54 Å². The highest BCUT2D eigenvalue weighted by molar-refractivity contribution is 5.95. The maximum Gasteiger partial charge on any atom is 0.254 e. The Labute approximate surface area is 118 Å². The van der Waals surface area contributed by atoms with Crippen LogP contribution in [0.25, 0.3) is 5.69 Å². The predicted octanol–water partition coefficient (Wildman–Crippen LogP) is 2.63. The second-order valence-electron chi connectivity index (χ2n) is 5.55. The maximum absolute atomic E-state index is 12.1. The molecule has 104 valence electrons. The summed E-state index contributed by atoms with van der Waals surface area (Å²) >= 11 is 0. The van der Waals surface area contributed by atoms with Crippen LogP contribution in [0.5, 0.6) is 0 Å². The molecule has 1 aliphatic carbocycles. The molecule has 3 rings (SSSR count). The van der Waals surface area contributed by atoms with Crippen molar-refractivity contribution in [3.63, 3.8) is 0 Å². The SMILES string of the molecule is Cc1cccc(-n2ncc(C(=O)NCC3CC3)c2C)c1. The van der Waals surface area contributed by atoms with Gasteiger partial charge in [0.1, 0.15) is 0 Å². The molecular formula is C16H19N3O. The second-order valence-corrected chi connectivity index (χ2v) is 5.55. The van der Waals surface area contributed by atoms with Crippen LogP contribution in [0.2, 0.25) is 0 Å². The van der Waals surface area contributed by atoms with E-state index in [-0.39, 0.29) is 5.91 Å². The smallest absolute Gasteiger partial charge is 0.254 e. The molecule has 0 atom stereocenters. The van der Waals surface area contributed by atoms with Crippen LogP contribution in [-0.2, 0) is 0 Å². The molecule has 4 nitrogen and oxygen atoms in total. The summed E-state index contributed by atoms with van der Waals surface area (Å²) in [7, 11) is 0. The van der Waals surface area contributed by atoms with E-state index in [1.165, 1.54) is 18.4 Å². The van der Waals surface area contributed by atoms with Gasteiger partial charge in [0.2, 0.25) is 0 Å². The molecule has 0 saturated heterocycles. The molecule has 1 heterocycles. The number of benzene rings is 1. The Bertz CT molecular complexity index is 641. The van der Waals surface area contributed by atoms with Gasteiger partial charge in [-0.15, -0.1) is 0 Å². The van der Waals surface area contributed by atoms with Gasteiger partial charge in [-0.25, -0.2) is 4.68 Å². The Morgan fingerprint density at radius 3 is 2.90 bits per heavy atom. The van der Waals surface area contributed by atoms with Gasteiger partial charge < -0.3 is 5.32 Å². The Hall–Kier alpha value is -2.10. The molecule has 1 aromatic carbocycles. The number of amides is 1. The number of hydrogen-bond donors (Lipinski definition) is 1. The molecule has 1 aromatic heterocycles. The summed E-state index contributed by atoms with van der Waals surface area (Å²) in [6.07, 6.45) is 4.13. The van der Waals surface area contributed by atoms with Gasteiger partial charge in [0, 0.05) is 6.54 Å². The van der Waals surface area contributed by atoms with E-state index in [2.05, 4.69) is 16.5 Å². The van der Waals surface area contributed by atoms with Crippen LogP contribution in [0.3, 0.4) is 0 Å². The van der Waals surface area contributed by atoms with Gasteiger partial charge in [-0.05, 0) is 50.3 Å². The molecular weight excluding hydrogens is 250 g/mol. The van der Waals surface area contributed by atoms with Crippen molar-refractivity contribution in [1.82, 2.24) is 15.1 Å². The summed E-state index contributed by atoms with van der Waals surface area (Å²) in [4.78, 5) is 12.1. The topological polar surface area (TPSA) is 46.9 Å². The van der Waals surface area contributed by atoms with Gasteiger partial charge in [0.25, 0.3) is 5.91 Å². The van der Waals surface area contributed by atoms with Crippen LogP contribution >= 0.6 is 0 Å². The van der Waals surface area contributed by atoms with Crippen molar-refractivity contribution in [3.8, 4) is 5.69 Å². The molecule has 20 heavy (non-hydrogen) atoms. The number of hydrogen-bond acceptors (Lipinski definition) is 2. The van der Waals surface area contributed by atoms with Crippen LogP contribution in [-0.4, -0.2) is 22.2 Å². The Balaban J connectivity index is 1.82. The number of aromatic nitrogens is 2. The summed E-state index contributed by atoms with van der Waals surface area (Å²) in [5, 5.41) is 7.33. The molecule has 0 unspecified atom stereocenters. The van der Waals surface area contributed by atoms with E-state index in [1.807, 2.05) is 36.7 Å². The fraction of sp³-hybridized carbons (Fsp3) is 0.375. The molecule has 1 fully saturated rings. The van der Waals surface area contributed by atoms with E-state index in [9.17, 15) is 4.79 Å². The first-order valence-corrected chi connectivity index (χ1v) is 7.05. The van der Waals surface area contributed by atoms with E-state index in [0.717, 1.165) is 17.9 Å². The lowest BCUT2D eigenvalue weighted by molar-refractivity contribution is 0.0951. The Kier molecular flexibility index (Phi) is 3.30. The molecule has 2 aromatic rings. The first-order valence-electron chi connectivity index (χ1n) is 7.05. The minimum absolute atomic E-state index is 0.0201. The highest BCUT2D eigenvalue weighted by Gasteiger charge is 2.23. The van der Waals surface area contributed by atoms with Gasteiger partial charge in [-0.1, -0.05) is 12.1 Å². The molecule has 1 saturated carbocycles. The number of rotatable bonds is 4. The third-order valence-corrected chi connectivity index (χ3v) is 3.75. The molecule has 1 amide bonds. The third kappa shape index (κ3) is 2.59. The summed E-state index contributed by atoms with van der Waals surface area (Å²) in [5.74, 6) is 0.666. The van der Waals surface area contributed by atoms with Crippen LogP contribution in [0.4, 0.5) is 0 Å².